The number of carbonyl (C=O) groups excluding carboxylic acids is 1. The third-order valence-electron chi connectivity index (χ3n) is 2.38. The summed E-state index contributed by atoms with van der Waals surface area (Å²) < 4.78 is 81.2. The highest BCUT2D eigenvalue weighted by Crippen LogP contribution is 2.41. The van der Waals surface area contributed by atoms with Crippen LogP contribution >= 0.6 is 23.2 Å². The smallest absolute Gasteiger partial charge is 0.310 e. The fraction of sp³-hybridized carbons (Fsp3) is 0.455. The Balaban J connectivity index is 3.14. The van der Waals surface area contributed by atoms with Gasteiger partial charge in [-0.15, -0.1) is 0 Å². The number of carbonyl (C=O) groups is 1. The number of alkyl halides is 6. The molecule has 130 valence electrons. The fourth-order valence-electron chi connectivity index (χ4n) is 1.39. The molecule has 1 aromatic rings. The van der Waals surface area contributed by atoms with E-state index in [9.17, 15) is 31.1 Å². The molecule has 0 N–H and O–H groups in total. The van der Waals surface area contributed by atoms with E-state index < -0.39 is 29.7 Å². The zero-order valence-electron chi connectivity index (χ0n) is 11.4. The van der Waals surface area contributed by atoms with E-state index in [1.165, 1.54) is 0 Å². The standard InChI is InChI=1S/C11H8Cl2F6N2O2/c1-9(14,15)23-11(18,19)10(16,17)8(22)21(2)5-3-6(12)20-7(13)4-5/h3-4H,1-2H3. The Kier molecular flexibility index (Phi) is 5.44. The molecule has 0 aromatic carbocycles. The number of hydrogen-bond donors (Lipinski definition) is 0. The Labute approximate surface area is 135 Å². The number of aromatic nitrogens is 1. The second-order valence-corrected chi connectivity index (χ2v) is 5.11. The molecule has 0 atom stereocenters. The van der Waals surface area contributed by atoms with Crippen molar-refractivity contribution in [3.05, 3.63) is 22.4 Å². The van der Waals surface area contributed by atoms with E-state index in [0.717, 1.165) is 12.1 Å². The molecule has 23 heavy (non-hydrogen) atoms. The first-order chi connectivity index (χ1) is 10.2. The van der Waals surface area contributed by atoms with Crippen LogP contribution in [0.15, 0.2) is 12.1 Å². The molecule has 0 saturated heterocycles. The van der Waals surface area contributed by atoms with Crippen molar-refractivity contribution >= 4 is 34.8 Å². The number of rotatable bonds is 5. The molecule has 0 radical (unpaired) electrons. The molecule has 4 nitrogen and oxygen atoms in total. The van der Waals surface area contributed by atoms with Crippen molar-refractivity contribution in [1.29, 1.82) is 0 Å². The molecule has 1 amide bonds. The summed E-state index contributed by atoms with van der Waals surface area (Å²) in [6.45, 7) is -0.173. The van der Waals surface area contributed by atoms with Gasteiger partial charge in [-0.25, -0.2) is 4.98 Å². The van der Waals surface area contributed by atoms with Crippen LogP contribution in [0.25, 0.3) is 0 Å². The maximum atomic E-state index is 13.6. The van der Waals surface area contributed by atoms with Gasteiger partial charge in [0.1, 0.15) is 10.3 Å². The molecule has 0 saturated carbocycles. The minimum absolute atomic E-state index is 0.0600. The summed E-state index contributed by atoms with van der Waals surface area (Å²) in [5, 5.41) is -0.614. The molecule has 12 heteroatoms. The van der Waals surface area contributed by atoms with Gasteiger partial charge in [0.05, 0.1) is 0 Å². The summed E-state index contributed by atoms with van der Waals surface area (Å²) in [4.78, 5) is 15.1. The lowest BCUT2D eigenvalue weighted by atomic mass is 10.2. The quantitative estimate of drug-likeness (QED) is 0.564. The van der Waals surface area contributed by atoms with Crippen LogP contribution in [0.2, 0.25) is 10.3 Å². The monoisotopic (exact) mass is 384 g/mol. The number of pyridine rings is 1. The minimum Gasteiger partial charge on any atom is -0.310 e. The van der Waals surface area contributed by atoms with Gasteiger partial charge in [0.15, 0.2) is 0 Å². The van der Waals surface area contributed by atoms with E-state index in [0.29, 0.717) is 7.05 Å². The number of ether oxygens (including phenoxy) is 1. The third-order valence-corrected chi connectivity index (χ3v) is 2.77. The third kappa shape index (κ3) is 4.61. The number of halogens is 8. The summed E-state index contributed by atoms with van der Waals surface area (Å²) in [5.74, 6) is -8.09. The second kappa shape index (κ2) is 6.33. The number of amides is 1. The molecule has 1 rings (SSSR count). The van der Waals surface area contributed by atoms with Crippen LogP contribution in [-0.4, -0.2) is 36.1 Å². The van der Waals surface area contributed by atoms with E-state index in [4.69, 9.17) is 23.2 Å². The number of hydrogen-bond acceptors (Lipinski definition) is 3. The van der Waals surface area contributed by atoms with Crippen molar-refractivity contribution in [2.24, 2.45) is 0 Å². The van der Waals surface area contributed by atoms with Crippen molar-refractivity contribution in [3.63, 3.8) is 0 Å². The highest BCUT2D eigenvalue weighted by molar-refractivity contribution is 6.33. The van der Waals surface area contributed by atoms with Crippen LogP contribution in [0, 0.1) is 0 Å². The summed E-state index contributed by atoms with van der Waals surface area (Å²) in [5.41, 5.74) is -0.404. The second-order valence-electron chi connectivity index (χ2n) is 4.34. The molecule has 1 heterocycles. The maximum absolute atomic E-state index is 13.6. The van der Waals surface area contributed by atoms with E-state index in [1.54, 1.807) is 0 Å². The Morgan fingerprint density at radius 1 is 1.13 bits per heavy atom. The van der Waals surface area contributed by atoms with Gasteiger partial charge in [-0.2, -0.15) is 26.3 Å². The van der Waals surface area contributed by atoms with Gasteiger partial charge < -0.3 is 4.90 Å². The lowest BCUT2D eigenvalue weighted by molar-refractivity contribution is -0.415. The van der Waals surface area contributed by atoms with Gasteiger partial charge in [0, 0.05) is 19.7 Å². The molecular weight excluding hydrogens is 377 g/mol. The van der Waals surface area contributed by atoms with Gasteiger partial charge in [-0.3, -0.25) is 9.53 Å². The zero-order valence-corrected chi connectivity index (χ0v) is 12.9. The van der Waals surface area contributed by atoms with Gasteiger partial charge in [-0.05, 0) is 12.1 Å². The lowest BCUT2D eigenvalue weighted by Gasteiger charge is -2.30. The largest absolute Gasteiger partial charge is 0.433 e. The summed E-state index contributed by atoms with van der Waals surface area (Å²) in [6.07, 6.45) is -10.3. The van der Waals surface area contributed by atoms with Gasteiger partial charge in [0.2, 0.25) is 0 Å². The molecule has 0 unspecified atom stereocenters. The summed E-state index contributed by atoms with van der Waals surface area (Å²) >= 11 is 11.0. The maximum Gasteiger partial charge on any atom is 0.433 e. The van der Waals surface area contributed by atoms with E-state index >= 15 is 0 Å². The molecule has 0 aliphatic rings. The van der Waals surface area contributed by atoms with Crippen LogP contribution in [0.3, 0.4) is 0 Å². The zero-order chi connectivity index (χ0) is 18.2. The average Bonchev–Trinajstić information content (AvgIpc) is 2.32. The molecule has 0 bridgehead atoms. The predicted molar refractivity (Wildman–Crippen MR) is 69.3 cm³/mol. The Hall–Kier alpha value is -1.26. The summed E-state index contributed by atoms with van der Waals surface area (Å²) in [6, 6.07) is 1.77. The van der Waals surface area contributed by atoms with Crippen molar-refractivity contribution in [2.75, 3.05) is 11.9 Å². The lowest BCUT2D eigenvalue weighted by Crippen LogP contribution is -2.56. The van der Waals surface area contributed by atoms with Gasteiger partial charge >= 0.3 is 24.0 Å². The van der Waals surface area contributed by atoms with Crippen molar-refractivity contribution in [2.45, 2.75) is 25.1 Å². The minimum atomic E-state index is -5.75. The van der Waals surface area contributed by atoms with Crippen molar-refractivity contribution in [3.8, 4) is 0 Å². The highest BCUT2D eigenvalue weighted by atomic mass is 35.5. The van der Waals surface area contributed by atoms with Crippen LogP contribution < -0.4 is 4.90 Å². The highest BCUT2D eigenvalue weighted by Gasteiger charge is 2.67. The summed E-state index contributed by atoms with van der Waals surface area (Å²) in [7, 11) is 0.693. The Morgan fingerprint density at radius 3 is 1.96 bits per heavy atom. The van der Waals surface area contributed by atoms with E-state index in [-0.39, 0.29) is 22.1 Å². The van der Waals surface area contributed by atoms with Crippen molar-refractivity contribution < 1.29 is 35.9 Å². The predicted octanol–water partition coefficient (Wildman–Crippen LogP) is 4.21. The molecule has 0 aliphatic heterocycles. The van der Waals surface area contributed by atoms with Crippen molar-refractivity contribution in [1.82, 2.24) is 4.98 Å². The first kappa shape index (κ1) is 19.8. The molecular formula is C11H8Cl2F6N2O2. The normalized spacial score (nSPS) is 13.1. The van der Waals surface area contributed by atoms with Crippen LogP contribution in [-0.2, 0) is 9.53 Å². The SMILES string of the molecule is CN(C(=O)C(F)(F)C(F)(F)OC(C)(F)F)c1cc(Cl)nc(Cl)c1. The molecule has 0 fully saturated rings. The first-order valence-electron chi connectivity index (χ1n) is 5.62. The van der Waals surface area contributed by atoms with Gasteiger partial charge in [0.25, 0.3) is 0 Å². The molecule has 1 aromatic heterocycles. The average molecular weight is 385 g/mol. The van der Waals surface area contributed by atoms with Gasteiger partial charge in [-0.1, -0.05) is 23.2 Å². The van der Waals surface area contributed by atoms with Crippen LogP contribution in [0.5, 0.6) is 0 Å². The Bertz CT molecular complexity index is 588. The van der Waals surface area contributed by atoms with E-state index in [2.05, 4.69) is 9.72 Å². The first-order valence-corrected chi connectivity index (χ1v) is 6.38. The Morgan fingerprint density at radius 2 is 1.57 bits per heavy atom. The molecule has 0 spiro atoms. The van der Waals surface area contributed by atoms with Crippen LogP contribution in [0.1, 0.15) is 6.92 Å². The number of anilines is 1. The molecule has 0 aliphatic carbocycles. The fourth-order valence-corrected chi connectivity index (χ4v) is 1.84. The van der Waals surface area contributed by atoms with Crippen LogP contribution in [0.4, 0.5) is 32.0 Å². The number of nitrogens with zero attached hydrogens (tertiary/aromatic N) is 2. The topological polar surface area (TPSA) is 42.4 Å². The van der Waals surface area contributed by atoms with E-state index in [1.807, 2.05) is 0 Å².